The van der Waals surface area contributed by atoms with Crippen LogP contribution in [0.15, 0.2) is 24.3 Å². The quantitative estimate of drug-likeness (QED) is 0.581. The summed E-state index contributed by atoms with van der Waals surface area (Å²) in [5.74, 6) is 0. The van der Waals surface area contributed by atoms with E-state index in [0.29, 0.717) is 0 Å². The second-order valence-corrected chi connectivity index (χ2v) is 2.10. The number of rotatable bonds is 5. The first-order valence-electron chi connectivity index (χ1n) is 3.82. The topological polar surface area (TPSA) is 20.2 Å². The predicted octanol–water partition coefficient (Wildman–Crippen LogP) is 2.28. The van der Waals surface area contributed by atoms with Crippen molar-refractivity contribution in [2.24, 2.45) is 0 Å². The maximum absolute atomic E-state index is 8.40. The summed E-state index contributed by atoms with van der Waals surface area (Å²) in [4.78, 5) is 0. The smallest absolute Gasteiger partial charge is 0.0465 e. The lowest BCUT2D eigenvalue weighted by atomic mass is 10.3. The first-order valence-corrected chi connectivity index (χ1v) is 3.82. The molecule has 0 saturated carbocycles. The summed E-state index contributed by atoms with van der Waals surface area (Å²) >= 11 is 0. The van der Waals surface area contributed by atoms with E-state index >= 15 is 0 Å². The fourth-order valence-corrected chi connectivity index (χ4v) is 0.630. The van der Waals surface area contributed by atoms with E-state index in [9.17, 15) is 0 Å². The van der Waals surface area contributed by atoms with Gasteiger partial charge in [0.2, 0.25) is 0 Å². The summed E-state index contributed by atoms with van der Waals surface area (Å²) < 4.78 is 0. The highest BCUT2D eigenvalue weighted by Gasteiger charge is 1.72. The van der Waals surface area contributed by atoms with Crippen LogP contribution < -0.4 is 0 Å². The van der Waals surface area contributed by atoms with E-state index < -0.39 is 0 Å². The minimum Gasteiger partial charge on any atom is -0.396 e. The largest absolute Gasteiger partial charge is 0.396 e. The Labute approximate surface area is 63.1 Å². The van der Waals surface area contributed by atoms with E-state index in [0.717, 1.165) is 19.3 Å². The summed E-state index contributed by atoms with van der Waals surface area (Å²) in [6.45, 7) is 2.38. The van der Waals surface area contributed by atoms with Gasteiger partial charge in [-0.2, -0.15) is 0 Å². The molecule has 1 N–H and O–H groups in total. The van der Waals surface area contributed by atoms with Crippen molar-refractivity contribution < 1.29 is 5.11 Å². The number of hydrogen-bond acceptors (Lipinski definition) is 1. The molecule has 1 heteroatoms. The van der Waals surface area contributed by atoms with E-state index in [1.807, 2.05) is 6.08 Å². The van der Waals surface area contributed by atoms with Gasteiger partial charge in [-0.05, 0) is 19.3 Å². The number of aliphatic hydroxyl groups is 1. The molecule has 0 aliphatic heterocycles. The Bertz CT molecular complexity index is 103. The lowest BCUT2D eigenvalue weighted by Crippen LogP contribution is -1.74. The van der Waals surface area contributed by atoms with Crippen LogP contribution in [-0.4, -0.2) is 11.7 Å². The van der Waals surface area contributed by atoms with E-state index in [1.165, 1.54) is 0 Å². The molecule has 0 radical (unpaired) electrons. The maximum atomic E-state index is 8.40. The van der Waals surface area contributed by atoms with Crippen molar-refractivity contribution in [3.63, 3.8) is 0 Å². The second-order valence-electron chi connectivity index (χ2n) is 2.10. The van der Waals surface area contributed by atoms with Crippen molar-refractivity contribution in [3.8, 4) is 0 Å². The van der Waals surface area contributed by atoms with Crippen LogP contribution in [-0.2, 0) is 0 Å². The highest BCUT2D eigenvalue weighted by molar-refractivity contribution is 4.92. The lowest BCUT2D eigenvalue weighted by Gasteiger charge is -1.83. The van der Waals surface area contributed by atoms with Crippen LogP contribution in [0.3, 0.4) is 0 Å². The molecule has 0 fully saturated rings. The van der Waals surface area contributed by atoms with Crippen LogP contribution >= 0.6 is 0 Å². The molecule has 0 aromatic carbocycles. The molecule has 0 aromatic heterocycles. The summed E-state index contributed by atoms with van der Waals surface area (Å²) in [7, 11) is 0. The van der Waals surface area contributed by atoms with E-state index in [2.05, 4.69) is 25.2 Å². The number of allylic oxidation sites excluding steroid dienone is 3. The molecule has 0 aliphatic rings. The monoisotopic (exact) mass is 140 g/mol. The Morgan fingerprint density at radius 1 is 1.10 bits per heavy atom. The summed E-state index contributed by atoms with van der Waals surface area (Å²) in [6.07, 6.45) is 11.2. The molecule has 0 unspecified atom stereocenters. The molecule has 0 rings (SSSR count). The molecule has 1 nitrogen and oxygen atoms in total. The molecular weight excluding hydrogens is 124 g/mol. The highest BCUT2D eigenvalue weighted by atomic mass is 16.2. The van der Waals surface area contributed by atoms with Gasteiger partial charge in [-0.3, -0.25) is 0 Å². The molecular formula is C9H16O. The standard InChI is InChI=1S/C9H16O/c1-2-3-4-5-6-7-8-9-10/h3-4,6-7,10H,2,5,8-9H2,1H3/b4-3?,7-6+. The average Bonchev–Trinajstić information content (AvgIpc) is 1.97. The van der Waals surface area contributed by atoms with Crippen molar-refractivity contribution in [1.29, 1.82) is 0 Å². The number of hydrogen-bond donors (Lipinski definition) is 1. The predicted molar refractivity (Wildman–Crippen MR) is 44.9 cm³/mol. The third-order valence-corrected chi connectivity index (χ3v) is 1.14. The summed E-state index contributed by atoms with van der Waals surface area (Å²) in [5, 5.41) is 8.40. The van der Waals surface area contributed by atoms with E-state index in [4.69, 9.17) is 5.11 Å². The zero-order valence-corrected chi connectivity index (χ0v) is 6.59. The molecule has 0 heterocycles. The summed E-state index contributed by atoms with van der Waals surface area (Å²) in [6, 6.07) is 0. The fraction of sp³-hybridized carbons (Fsp3) is 0.556. The molecule has 0 amide bonds. The van der Waals surface area contributed by atoms with Crippen LogP contribution in [0, 0.1) is 0 Å². The van der Waals surface area contributed by atoms with Gasteiger partial charge in [0.15, 0.2) is 0 Å². The van der Waals surface area contributed by atoms with Crippen LogP contribution in [0.25, 0.3) is 0 Å². The average molecular weight is 140 g/mol. The second kappa shape index (κ2) is 8.44. The molecule has 0 atom stereocenters. The van der Waals surface area contributed by atoms with Gasteiger partial charge in [-0.25, -0.2) is 0 Å². The van der Waals surface area contributed by atoms with Gasteiger partial charge in [0.1, 0.15) is 0 Å². The first-order chi connectivity index (χ1) is 4.91. The summed E-state index contributed by atoms with van der Waals surface area (Å²) in [5.41, 5.74) is 0. The molecule has 0 aromatic rings. The van der Waals surface area contributed by atoms with Gasteiger partial charge < -0.3 is 5.11 Å². The first kappa shape index (κ1) is 9.44. The van der Waals surface area contributed by atoms with E-state index in [-0.39, 0.29) is 6.61 Å². The molecule has 0 bridgehead atoms. The van der Waals surface area contributed by atoms with Crippen LogP contribution in [0.1, 0.15) is 26.2 Å². The Hall–Kier alpha value is -0.560. The number of aliphatic hydroxyl groups excluding tert-OH is 1. The Morgan fingerprint density at radius 2 is 1.80 bits per heavy atom. The van der Waals surface area contributed by atoms with Crippen LogP contribution in [0.4, 0.5) is 0 Å². The normalized spacial score (nSPS) is 11.8. The molecule has 10 heavy (non-hydrogen) atoms. The lowest BCUT2D eigenvalue weighted by molar-refractivity contribution is 0.302. The van der Waals surface area contributed by atoms with Crippen molar-refractivity contribution in [1.82, 2.24) is 0 Å². The Balaban J connectivity index is 3.09. The molecule has 0 saturated heterocycles. The Morgan fingerprint density at radius 3 is 2.40 bits per heavy atom. The zero-order valence-electron chi connectivity index (χ0n) is 6.59. The van der Waals surface area contributed by atoms with Gasteiger partial charge in [0.25, 0.3) is 0 Å². The van der Waals surface area contributed by atoms with Gasteiger partial charge in [0, 0.05) is 6.61 Å². The third-order valence-electron chi connectivity index (χ3n) is 1.14. The van der Waals surface area contributed by atoms with Crippen LogP contribution in [0.2, 0.25) is 0 Å². The van der Waals surface area contributed by atoms with Crippen molar-refractivity contribution >= 4 is 0 Å². The van der Waals surface area contributed by atoms with Gasteiger partial charge >= 0.3 is 0 Å². The highest BCUT2D eigenvalue weighted by Crippen LogP contribution is 1.89. The molecule has 58 valence electrons. The minimum absolute atomic E-state index is 0.258. The third kappa shape index (κ3) is 7.44. The van der Waals surface area contributed by atoms with Gasteiger partial charge in [-0.1, -0.05) is 31.2 Å². The van der Waals surface area contributed by atoms with Gasteiger partial charge in [0.05, 0.1) is 0 Å². The van der Waals surface area contributed by atoms with Gasteiger partial charge in [-0.15, -0.1) is 0 Å². The fourth-order valence-electron chi connectivity index (χ4n) is 0.630. The van der Waals surface area contributed by atoms with Crippen molar-refractivity contribution in [3.05, 3.63) is 24.3 Å². The van der Waals surface area contributed by atoms with Crippen LogP contribution in [0.5, 0.6) is 0 Å². The molecule has 0 aliphatic carbocycles. The van der Waals surface area contributed by atoms with E-state index in [1.54, 1.807) is 0 Å². The Kier molecular flexibility index (Phi) is 7.97. The van der Waals surface area contributed by atoms with Crippen molar-refractivity contribution in [2.45, 2.75) is 26.2 Å². The van der Waals surface area contributed by atoms with Crippen molar-refractivity contribution in [2.75, 3.05) is 6.61 Å². The zero-order chi connectivity index (χ0) is 7.66. The SMILES string of the molecule is CCC=CC/C=C/CCO. The minimum atomic E-state index is 0.258. The maximum Gasteiger partial charge on any atom is 0.0465 e. The molecule has 0 spiro atoms.